The summed E-state index contributed by atoms with van der Waals surface area (Å²) in [4.78, 5) is 24.9. The van der Waals surface area contributed by atoms with E-state index in [2.05, 4.69) is 10.4 Å². The number of rotatable bonds is 4. The molecular weight excluding hydrogens is 346 g/mol. The number of aromatic nitrogens is 2. The van der Waals surface area contributed by atoms with Crippen LogP contribution in [-0.4, -0.2) is 41.5 Å². The Morgan fingerprint density at radius 1 is 1.37 bits per heavy atom. The molecule has 27 heavy (non-hydrogen) atoms. The quantitative estimate of drug-likeness (QED) is 0.856. The van der Waals surface area contributed by atoms with E-state index >= 15 is 0 Å². The maximum Gasteiger partial charge on any atom is 0.406 e. The van der Waals surface area contributed by atoms with Gasteiger partial charge >= 0.3 is 6.09 Å². The largest absolute Gasteiger partial charge is 0.448 e. The molecule has 8 heteroatoms. The number of nitrogens with one attached hydrogen (secondary N) is 1. The summed E-state index contributed by atoms with van der Waals surface area (Å²) >= 11 is 0. The van der Waals surface area contributed by atoms with E-state index in [1.807, 2.05) is 36.2 Å². The molecule has 2 aromatic rings. The minimum absolute atomic E-state index is 0.0207. The summed E-state index contributed by atoms with van der Waals surface area (Å²) in [5, 5.41) is 6.71. The van der Waals surface area contributed by atoms with Crippen LogP contribution < -0.4 is 16.0 Å². The van der Waals surface area contributed by atoms with E-state index < -0.39 is 6.09 Å². The van der Waals surface area contributed by atoms with Crippen molar-refractivity contribution in [1.82, 2.24) is 15.1 Å². The summed E-state index contributed by atoms with van der Waals surface area (Å²) in [5.74, 6) is 0.0207. The molecule has 2 atom stereocenters. The van der Waals surface area contributed by atoms with Crippen LogP contribution in [0.25, 0.3) is 11.1 Å². The Morgan fingerprint density at radius 2 is 2.15 bits per heavy atom. The van der Waals surface area contributed by atoms with Crippen LogP contribution in [-0.2, 0) is 16.1 Å². The van der Waals surface area contributed by atoms with Crippen LogP contribution >= 0.6 is 0 Å². The van der Waals surface area contributed by atoms with Gasteiger partial charge in [0.1, 0.15) is 6.61 Å². The lowest BCUT2D eigenvalue weighted by atomic mass is 9.90. The van der Waals surface area contributed by atoms with Crippen LogP contribution in [0.15, 0.2) is 30.6 Å². The molecule has 3 rings (SSSR count). The number of benzene rings is 1. The molecular formula is C19H25N5O3. The summed E-state index contributed by atoms with van der Waals surface area (Å²) < 4.78 is 6.70. The number of hydrogen-bond acceptors (Lipinski definition) is 5. The van der Waals surface area contributed by atoms with Crippen LogP contribution in [0.2, 0.25) is 0 Å². The highest BCUT2D eigenvalue weighted by atomic mass is 16.5. The standard InChI is InChI=1S/C19H25N5O3/c1-12-8-17(20)16-9-14(4-5-18(16)24(12)13(2)25)15-10-22-23(11-15)6-7-27-19(26)21-3/h4-5,9-12,17H,6-8,20H2,1-3H3,(H,21,26)/t12-,17+/m0/s1. The average molecular weight is 371 g/mol. The molecule has 3 N–H and O–H groups in total. The van der Waals surface area contributed by atoms with Gasteiger partial charge in [-0.15, -0.1) is 0 Å². The normalized spacial score (nSPS) is 18.7. The predicted molar refractivity (Wildman–Crippen MR) is 102 cm³/mol. The molecule has 1 aromatic heterocycles. The summed E-state index contributed by atoms with van der Waals surface area (Å²) in [6.07, 6.45) is 3.93. The van der Waals surface area contributed by atoms with Crippen molar-refractivity contribution < 1.29 is 14.3 Å². The van der Waals surface area contributed by atoms with Crippen molar-refractivity contribution >= 4 is 17.7 Å². The molecule has 1 aliphatic heterocycles. The number of ether oxygens (including phenoxy) is 1. The molecule has 2 heterocycles. The van der Waals surface area contributed by atoms with Crippen LogP contribution in [0.1, 0.15) is 31.9 Å². The smallest absolute Gasteiger partial charge is 0.406 e. The van der Waals surface area contributed by atoms with Gasteiger partial charge in [0, 0.05) is 43.5 Å². The fraction of sp³-hybridized carbons (Fsp3) is 0.421. The lowest BCUT2D eigenvalue weighted by Gasteiger charge is -2.37. The zero-order valence-electron chi connectivity index (χ0n) is 15.8. The van der Waals surface area contributed by atoms with Crippen molar-refractivity contribution in [2.75, 3.05) is 18.6 Å². The summed E-state index contributed by atoms with van der Waals surface area (Å²) in [6, 6.07) is 5.93. The Morgan fingerprint density at radius 3 is 2.85 bits per heavy atom. The number of amides is 2. The van der Waals surface area contributed by atoms with Crippen LogP contribution in [0.5, 0.6) is 0 Å². The fourth-order valence-electron chi connectivity index (χ4n) is 3.51. The first kappa shape index (κ1) is 18.9. The number of nitrogens with zero attached hydrogens (tertiary/aromatic N) is 3. The predicted octanol–water partition coefficient (Wildman–Crippen LogP) is 2.05. The average Bonchev–Trinajstić information content (AvgIpc) is 3.10. The molecule has 8 nitrogen and oxygen atoms in total. The van der Waals surface area contributed by atoms with Crippen LogP contribution in [0.4, 0.5) is 10.5 Å². The Labute approximate surface area is 158 Å². The van der Waals surface area contributed by atoms with Crippen LogP contribution in [0, 0.1) is 0 Å². The van der Waals surface area contributed by atoms with Crippen molar-refractivity contribution in [3.05, 3.63) is 36.2 Å². The van der Waals surface area contributed by atoms with E-state index in [1.165, 1.54) is 7.05 Å². The first-order valence-electron chi connectivity index (χ1n) is 8.97. The highest BCUT2D eigenvalue weighted by Crippen LogP contribution is 2.38. The van der Waals surface area contributed by atoms with E-state index in [1.54, 1.807) is 17.8 Å². The number of fused-ring (bicyclic) bond motifs is 1. The lowest BCUT2D eigenvalue weighted by molar-refractivity contribution is -0.117. The number of hydrogen-bond donors (Lipinski definition) is 2. The van der Waals surface area contributed by atoms with Gasteiger partial charge < -0.3 is 20.7 Å². The highest BCUT2D eigenvalue weighted by molar-refractivity contribution is 5.94. The van der Waals surface area contributed by atoms with Crippen molar-refractivity contribution in [2.45, 2.75) is 38.9 Å². The van der Waals surface area contributed by atoms with E-state index in [0.717, 1.165) is 28.8 Å². The minimum Gasteiger partial charge on any atom is -0.448 e. The molecule has 144 valence electrons. The molecule has 0 saturated carbocycles. The zero-order chi connectivity index (χ0) is 19.6. The van der Waals surface area contributed by atoms with Crippen molar-refractivity contribution in [1.29, 1.82) is 0 Å². The van der Waals surface area contributed by atoms with Gasteiger partial charge in [-0.25, -0.2) is 4.79 Å². The third-order valence-electron chi connectivity index (χ3n) is 4.79. The SMILES string of the molecule is CNC(=O)OCCn1cc(-c2ccc3c(c2)[C@H](N)C[C@H](C)N3C(C)=O)cn1. The minimum atomic E-state index is -0.463. The third-order valence-corrected chi connectivity index (χ3v) is 4.79. The zero-order valence-corrected chi connectivity index (χ0v) is 15.8. The summed E-state index contributed by atoms with van der Waals surface area (Å²) in [6.45, 7) is 4.30. The molecule has 0 unspecified atom stereocenters. The Hall–Kier alpha value is -2.87. The van der Waals surface area contributed by atoms with Gasteiger partial charge in [-0.1, -0.05) is 6.07 Å². The summed E-state index contributed by atoms with van der Waals surface area (Å²) in [5.41, 5.74) is 10.1. The maximum absolute atomic E-state index is 12.0. The lowest BCUT2D eigenvalue weighted by Crippen LogP contribution is -2.43. The first-order valence-corrected chi connectivity index (χ1v) is 8.97. The first-order chi connectivity index (χ1) is 12.9. The number of anilines is 1. The van der Waals surface area contributed by atoms with Gasteiger partial charge in [0.25, 0.3) is 0 Å². The Balaban J connectivity index is 1.80. The highest BCUT2D eigenvalue weighted by Gasteiger charge is 2.30. The van der Waals surface area contributed by atoms with Gasteiger partial charge in [0.15, 0.2) is 0 Å². The Kier molecular flexibility index (Phi) is 5.46. The van der Waals surface area contributed by atoms with Crippen molar-refractivity contribution in [2.24, 2.45) is 5.73 Å². The fourth-order valence-corrected chi connectivity index (χ4v) is 3.51. The van der Waals surface area contributed by atoms with Crippen molar-refractivity contribution in [3.8, 4) is 11.1 Å². The van der Waals surface area contributed by atoms with E-state index in [-0.39, 0.29) is 24.6 Å². The molecule has 0 fully saturated rings. The van der Waals surface area contributed by atoms with E-state index in [0.29, 0.717) is 6.54 Å². The third kappa shape index (κ3) is 3.95. The Bertz CT molecular complexity index is 848. The second kappa shape index (κ2) is 7.79. The van der Waals surface area contributed by atoms with E-state index in [4.69, 9.17) is 10.5 Å². The molecule has 1 aromatic carbocycles. The van der Waals surface area contributed by atoms with Crippen molar-refractivity contribution in [3.63, 3.8) is 0 Å². The number of nitrogens with two attached hydrogens (primary N) is 1. The van der Waals surface area contributed by atoms with Gasteiger partial charge in [-0.2, -0.15) is 5.10 Å². The molecule has 0 saturated heterocycles. The molecule has 0 radical (unpaired) electrons. The number of carbonyl (C=O) groups excluding carboxylic acids is 2. The summed E-state index contributed by atoms with van der Waals surface area (Å²) in [7, 11) is 1.52. The molecule has 0 bridgehead atoms. The monoisotopic (exact) mass is 371 g/mol. The molecule has 1 aliphatic rings. The van der Waals surface area contributed by atoms with Crippen LogP contribution in [0.3, 0.4) is 0 Å². The second-order valence-corrected chi connectivity index (χ2v) is 6.73. The molecule has 2 amide bonds. The van der Waals surface area contributed by atoms with Gasteiger partial charge in [0.2, 0.25) is 5.91 Å². The number of carbonyl (C=O) groups is 2. The van der Waals surface area contributed by atoms with Gasteiger partial charge in [-0.3, -0.25) is 9.48 Å². The molecule has 0 spiro atoms. The maximum atomic E-state index is 12.0. The molecule has 0 aliphatic carbocycles. The number of alkyl carbamates (subject to hydrolysis) is 1. The van der Waals surface area contributed by atoms with E-state index in [9.17, 15) is 9.59 Å². The van der Waals surface area contributed by atoms with Gasteiger partial charge in [-0.05, 0) is 36.6 Å². The second-order valence-electron chi connectivity index (χ2n) is 6.73. The van der Waals surface area contributed by atoms with Gasteiger partial charge in [0.05, 0.1) is 12.7 Å². The topological polar surface area (TPSA) is 102 Å².